The summed E-state index contributed by atoms with van der Waals surface area (Å²) in [5.74, 6) is 1.08. The molecule has 188 valence electrons. The number of aromatic amines is 1. The van der Waals surface area contributed by atoms with Gasteiger partial charge in [0, 0.05) is 29.7 Å². The molecule has 1 saturated carbocycles. The van der Waals surface area contributed by atoms with Crippen LogP contribution in [0, 0.1) is 5.92 Å². The van der Waals surface area contributed by atoms with Gasteiger partial charge < -0.3 is 0 Å². The van der Waals surface area contributed by atoms with Gasteiger partial charge in [-0.3, -0.25) is 14.1 Å². The molecule has 3 aromatic heterocycles. The van der Waals surface area contributed by atoms with Crippen LogP contribution in [0.4, 0.5) is 0 Å². The third-order valence-corrected chi connectivity index (χ3v) is 7.48. The van der Waals surface area contributed by atoms with Crippen LogP contribution in [-0.4, -0.2) is 34.7 Å². The zero-order valence-electron chi connectivity index (χ0n) is 21.2. The molecular formula is C28H35N7O. The number of imidazole rings is 1. The Balaban J connectivity index is 1.46. The second-order valence-electron chi connectivity index (χ2n) is 10.0. The summed E-state index contributed by atoms with van der Waals surface area (Å²) in [6.07, 6.45) is 13.1. The van der Waals surface area contributed by atoms with Crippen LogP contribution in [0.15, 0.2) is 53.6 Å². The van der Waals surface area contributed by atoms with Crippen LogP contribution in [0.2, 0.25) is 0 Å². The van der Waals surface area contributed by atoms with Gasteiger partial charge in [0.1, 0.15) is 0 Å². The monoisotopic (exact) mass is 485 g/mol. The summed E-state index contributed by atoms with van der Waals surface area (Å²) in [5, 5.41) is 14.4. The summed E-state index contributed by atoms with van der Waals surface area (Å²) in [7, 11) is 0. The summed E-state index contributed by atoms with van der Waals surface area (Å²) in [4.78, 5) is 18.4. The number of benzene rings is 1. The molecule has 2 unspecified atom stereocenters. The van der Waals surface area contributed by atoms with Crippen molar-refractivity contribution in [1.82, 2.24) is 34.7 Å². The molecule has 1 aromatic carbocycles. The zero-order chi connectivity index (χ0) is 24.9. The molecule has 0 spiro atoms. The molecule has 1 fully saturated rings. The van der Waals surface area contributed by atoms with Crippen LogP contribution in [0.3, 0.4) is 0 Å². The highest BCUT2D eigenvalue weighted by atomic mass is 16.1. The van der Waals surface area contributed by atoms with E-state index in [-0.39, 0.29) is 11.7 Å². The Kier molecular flexibility index (Phi) is 7.39. The van der Waals surface area contributed by atoms with Crippen molar-refractivity contribution in [1.29, 1.82) is 0 Å². The van der Waals surface area contributed by atoms with Crippen molar-refractivity contribution >= 4 is 0 Å². The quantitative estimate of drug-likeness (QED) is 0.336. The minimum absolute atomic E-state index is 0.103. The third kappa shape index (κ3) is 5.17. The van der Waals surface area contributed by atoms with Crippen molar-refractivity contribution in [2.24, 2.45) is 5.92 Å². The fourth-order valence-electron chi connectivity index (χ4n) is 5.43. The van der Waals surface area contributed by atoms with Crippen LogP contribution < -0.4 is 5.69 Å². The maximum atomic E-state index is 13.7. The van der Waals surface area contributed by atoms with E-state index in [0.29, 0.717) is 18.3 Å². The maximum absolute atomic E-state index is 13.7. The van der Waals surface area contributed by atoms with Crippen LogP contribution in [0.5, 0.6) is 0 Å². The van der Waals surface area contributed by atoms with Gasteiger partial charge in [0.05, 0.1) is 12.2 Å². The van der Waals surface area contributed by atoms with E-state index in [9.17, 15) is 4.79 Å². The first-order valence-corrected chi connectivity index (χ1v) is 13.2. The number of nitrogens with zero attached hydrogens (tertiary/aromatic N) is 6. The first-order valence-electron chi connectivity index (χ1n) is 13.2. The molecule has 4 aromatic rings. The number of hydrogen-bond donors (Lipinski definition) is 1. The second-order valence-corrected chi connectivity index (χ2v) is 10.0. The van der Waals surface area contributed by atoms with E-state index in [1.807, 2.05) is 39.6 Å². The molecule has 0 saturated heterocycles. The molecule has 3 heterocycles. The van der Waals surface area contributed by atoms with Crippen molar-refractivity contribution in [3.8, 4) is 22.5 Å². The van der Waals surface area contributed by atoms with Gasteiger partial charge in [-0.2, -0.15) is 5.21 Å². The first kappa shape index (κ1) is 24.2. The van der Waals surface area contributed by atoms with Crippen molar-refractivity contribution in [3.05, 3.63) is 70.7 Å². The summed E-state index contributed by atoms with van der Waals surface area (Å²) < 4.78 is 3.99. The SMILES string of the molecule is CCCCc1cn(C2CCCCCC2C)c(=O)n1Cc1cc(-c2cccc(-c3nn[nH]n3)c2)ccn1. The fraction of sp³-hybridized carbons (Fsp3) is 0.464. The van der Waals surface area contributed by atoms with E-state index in [4.69, 9.17) is 0 Å². The highest BCUT2D eigenvalue weighted by molar-refractivity contribution is 5.70. The van der Waals surface area contributed by atoms with Gasteiger partial charge in [-0.1, -0.05) is 57.7 Å². The summed E-state index contributed by atoms with van der Waals surface area (Å²) in [6, 6.07) is 12.4. The van der Waals surface area contributed by atoms with E-state index in [1.54, 1.807) is 0 Å². The van der Waals surface area contributed by atoms with Crippen molar-refractivity contribution < 1.29 is 0 Å². The molecule has 36 heavy (non-hydrogen) atoms. The average molecular weight is 486 g/mol. The third-order valence-electron chi connectivity index (χ3n) is 7.48. The number of nitrogens with one attached hydrogen (secondary N) is 1. The Morgan fingerprint density at radius 2 is 1.89 bits per heavy atom. The van der Waals surface area contributed by atoms with Crippen LogP contribution >= 0.6 is 0 Å². The standard InChI is InChI=1S/C28H35N7O/c1-3-4-12-25-19-35(26-13-7-5-6-9-20(26)2)28(36)34(25)18-24-17-22(14-15-29-24)21-10-8-11-23(16-21)27-30-32-33-31-27/h8,10-11,14-17,19-20,26H,3-7,9,12-13,18H2,1-2H3,(H,30,31,32,33). The van der Waals surface area contributed by atoms with Gasteiger partial charge in [0.25, 0.3) is 0 Å². The lowest BCUT2D eigenvalue weighted by atomic mass is 9.97. The van der Waals surface area contributed by atoms with E-state index in [2.05, 4.69) is 57.8 Å². The van der Waals surface area contributed by atoms with Gasteiger partial charge in [0.2, 0.25) is 5.82 Å². The Bertz CT molecular complexity index is 1340. The van der Waals surface area contributed by atoms with Gasteiger partial charge in [-0.05, 0) is 66.1 Å². The molecule has 0 amide bonds. The van der Waals surface area contributed by atoms with E-state index in [0.717, 1.165) is 53.8 Å². The number of hydrogen-bond acceptors (Lipinski definition) is 5. The maximum Gasteiger partial charge on any atom is 0.328 e. The van der Waals surface area contributed by atoms with Gasteiger partial charge in [-0.15, -0.1) is 10.2 Å². The number of rotatable bonds is 8. The van der Waals surface area contributed by atoms with Gasteiger partial charge in [0.15, 0.2) is 0 Å². The van der Waals surface area contributed by atoms with Gasteiger partial charge >= 0.3 is 5.69 Å². The summed E-state index contributed by atoms with van der Waals surface area (Å²) in [5.41, 5.74) is 5.08. The lowest BCUT2D eigenvalue weighted by Crippen LogP contribution is -2.30. The molecule has 1 aliphatic rings. The summed E-state index contributed by atoms with van der Waals surface area (Å²) >= 11 is 0. The second kappa shape index (κ2) is 11.0. The van der Waals surface area contributed by atoms with Crippen LogP contribution in [0.1, 0.15) is 76.2 Å². The van der Waals surface area contributed by atoms with Crippen LogP contribution in [-0.2, 0) is 13.0 Å². The number of pyridine rings is 1. The molecule has 1 N–H and O–H groups in total. The van der Waals surface area contributed by atoms with E-state index >= 15 is 0 Å². The minimum atomic E-state index is 0.103. The smallest absolute Gasteiger partial charge is 0.296 e. The highest BCUT2D eigenvalue weighted by Crippen LogP contribution is 2.32. The minimum Gasteiger partial charge on any atom is -0.296 e. The average Bonchev–Trinajstić information content (AvgIpc) is 3.49. The molecule has 8 heteroatoms. The predicted octanol–water partition coefficient (Wildman–Crippen LogP) is 5.42. The Morgan fingerprint density at radius 1 is 1.06 bits per heavy atom. The van der Waals surface area contributed by atoms with Gasteiger partial charge in [-0.25, -0.2) is 4.79 Å². The summed E-state index contributed by atoms with van der Waals surface area (Å²) in [6.45, 7) is 4.98. The van der Waals surface area contributed by atoms with Crippen LogP contribution in [0.25, 0.3) is 22.5 Å². The Labute approximate surface area is 211 Å². The zero-order valence-corrected chi connectivity index (χ0v) is 21.2. The highest BCUT2D eigenvalue weighted by Gasteiger charge is 2.25. The number of aromatic nitrogens is 7. The number of unbranched alkanes of at least 4 members (excludes halogenated alkanes) is 1. The number of aryl methyl sites for hydroxylation is 1. The number of tetrazole rings is 1. The van der Waals surface area contributed by atoms with Crippen molar-refractivity contribution in [2.75, 3.05) is 0 Å². The van der Waals surface area contributed by atoms with E-state index in [1.165, 1.54) is 25.7 Å². The largest absolute Gasteiger partial charge is 0.328 e. The Morgan fingerprint density at radius 3 is 2.72 bits per heavy atom. The Hall–Kier alpha value is -3.55. The predicted molar refractivity (Wildman–Crippen MR) is 141 cm³/mol. The fourth-order valence-corrected chi connectivity index (χ4v) is 5.43. The molecule has 5 rings (SSSR count). The molecule has 0 aliphatic heterocycles. The molecule has 1 aliphatic carbocycles. The number of H-pyrrole nitrogens is 1. The van der Waals surface area contributed by atoms with Crippen molar-refractivity contribution in [3.63, 3.8) is 0 Å². The molecular weight excluding hydrogens is 450 g/mol. The topological polar surface area (TPSA) is 94.3 Å². The lowest BCUT2D eigenvalue weighted by Gasteiger charge is -2.22. The van der Waals surface area contributed by atoms with Crippen molar-refractivity contribution in [2.45, 2.75) is 77.8 Å². The molecule has 0 radical (unpaired) electrons. The van der Waals surface area contributed by atoms with E-state index < -0.39 is 0 Å². The molecule has 2 atom stereocenters. The normalized spacial score (nSPS) is 18.3. The first-order chi connectivity index (χ1) is 17.6. The lowest BCUT2D eigenvalue weighted by molar-refractivity contribution is 0.324. The molecule has 0 bridgehead atoms. The molecule has 8 nitrogen and oxygen atoms in total.